The first-order valence-corrected chi connectivity index (χ1v) is 7.95. The fourth-order valence-corrected chi connectivity index (χ4v) is 4.35. The van der Waals surface area contributed by atoms with Gasteiger partial charge in [0, 0.05) is 13.1 Å². The minimum atomic E-state index is -3.55. The summed E-state index contributed by atoms with van der Waals surface area (Å²) in [5.41, 5.74) is 0.710. The summed E-state index contributed by atoms with van der Waals surface area (Å²) in [5, 5.41) is 0. The van der Waals surface area contributed by atoms with Gasteiger partial charge in [-0.2, -0.15) is 4.31 Å². The molecule has 1 aromatic carbocycles. The van der Waals surface area contributed by atoms with Crippen molar-refractivity contribution in [1.82, 2.24) is 4.31 Å². The van der Waals surface area contributed by atoms with Gasteiger partial charge in [-0.25, -0.2) is 8.42 Å². The van der Waals surface area contributed by atoms with Crippen LogP contribution in [0.1, 0.15) is 12.5 Å². The molecule has 2 atom stereocenters. The van der Waals surface area contributed by atoms with Crippen molar-refractivity contribution >= 4 is 16.0 Å². The lowest BCUT2D eigenvalue weighted by Gasteiger charge is -2.17. The average molecular weight is 297 g/mol. The summed E-state index contributed by atoms with van der Waals surface area (Å²) in [5.74, 6) is -0.778. The van der Waals surface area contributed by atoms with Crippen LogP contribution in [0.4, 0.5) is 0 Å². The van der Waals surface area contributed by atoms with Gasteiger partial charge in [0.1, 0.15) is 0 Å². The maximum Gasteiger partial charge on any atom is 0.310 e. The van der Waals surface area contributed by atoms with Gasteiger partial charge in [-0.1, -0.05) is 25.1 Å². The summed E-state index contributed by atoms with van der Waals surface area (Å²) in [4.78, 5) is 12.0. The molecule has 20 heavy (non-hydrogen) atoms. The summed E-state index contributed by atoms with van der Waals surface area (Å²) >= 11 is 0. The molecule has 0 amide bonds. The first-order chi connectivity index (χ1) is 9.37. The molecule has 110 valence electrons. The standard InChI is InChI=1S/C14H19NO4S/c1-10-6-4-5-7-13(10)20(17,18)15-8-11(2)12(9-15)14(16)19-3/h4-7,11-12H,8-9H2,1-3H3. The number of esters is 1. The fraction of sp³-hybridized carbons (Fsp3) is 0.500. The van der Waals surface area contributed by atoms with E-state index in [1.165, 1.54) is 11.4 Å². The van der Waals surface area contributed by atoms with Crippen molar-refractivity contribution in [3.8, 4) is 0 Å². The Hall–Kier alpha value is -1.40. The molecule has 0 saturated carbocycles. The van der Waals surface area contributed by atoms with Crippen LogP contribution >= 0.6 is 0 Å². The molecule has 0 spiro atoms. The average Bonchev–Trinajstić information content (AvgIpc) is 2.81. The quantitative estimate of drug-likeness (QED) is 0.792. The van der Waals surface area contributed by atoms with E-state index in [1.807, 2.05) is 6.92 Å². The Balaban J connectivity index is 2.29. The van der Waals surface area contributed by atoms with Crippen molar-refractivity contribution < 1.29 is 17.9 Å². The largest absolute Gasteiger partial charge is 0.469 e. The zero-order valence-electron chi connectivity index (χ0n) is 11.9. The van der Waals surface area contributed by atoms with E-state index in [0.29, 0.717) is 17.0 Å². The van der Waals surface area contributed by atoms with E-state index in [9.17, 15) is 13.2 Å². The predicted molar refractivity (Wildman–Crippen MR) is 74.6 cm³/mol. The van der Waals surface area contributed by atoms with Crippen molar-refractivity contribution in [1.29, 1.82) is 0 Å². The number of ether oxygens (including phenoxy) is 1. The van der Waals surface area contributed by atoms with Crippen LogP contribution in [0.15, 0.2) is 29.2 Å². The zero-order chi connectivity index (χ0) is 14.9. The van der Waals surface area contributed by atoms with E-state index in [1.54, 1.807) is 31.2 Å². The molecule has 0 N–H and O–H groups in total. The Kier molecular flexibility index (Phi) is 4.15. The van der Waals surface area contributed by atoms with Crippen LogP contribution in [0.5, 0.6) is 0 Å². The maximum atomic E-state index is 12.6. The molecular weight excluding hydrogens is 278 g/mol. The molecule has 1 aliphatic heterocycles. The molecule has 0 radical (unpaired) electrons. The third-order valence-electron chi connectivity index (χ3n) is 3.79. The lowest BCUT2D eigenvalue weighted by molar-refractivity contribution is -0.145. The Morgan fingerprint density at radius 3 is 2.55 bits per heavy atom. The van der Waals surface area contributed by atoms with Crippen LogP contribution in [0.3, 0.4) is 0 Å². The highest BCUT2D eigenvalue weighted by atomic mass is 32.2. The van der Waals surface area contributed by atoms with Gasteiger partial charge in [-0.15, -0.1) is 0 Å². The van der Waals surface area contributed by atoms with Crippen LogP contribution in [-0.4, -0.2) is 38.9 Å². The molecule has 1 aliphatic rings. The van der Waals surface area contributed by atoms with Gasteiger partial charge >= 0.3 is 5.97 Å². The number of carbonyl (C=O) groups excluding carboxylic acids is 1. The van der Waals surface area contributed by atoms with Crippen molar-refractivity contribution in [2.75, 3.05) is 20.2 Å². The summed E-state index contributed by atoms with van der Waals surface area (Å²) in [6, 6.07) is 6.88. The van der Waals surface area contributed by atoms with Crippen molar-refractivity contribution in [2.45, 2.75) is 18.7 Å². The van der Waals surface area contributed by atoms with Gasteiger partial charge in [0.25, 0.3) is 0 Å². The first-order valence-electron chi connectivity index (χ1n) is 6.51. The zero-order valence-corrected chi connectivity index (χ0v) is 12.7. The fourth-order valence-electron chi connectivity index (χ4n) is 2.56. The van der Waals surface area contributed by atoms with E-state index >= 15 is 0 Å². The molecular formula is C14H19NO4S. The highest BCUT2D eigenvalue weighted by Crippen LogP contribution is 2.30. The Morgan fingerprint density at radius 2 is 1.95 bits per heavy atom. The van der Waals surface area contributed by atoms with E-state index < -0.39 is 15.9 Å². The molecule has 5 nitrogen and oxygen atoms in total. The van der Waals surface area contributed by atoms with Crippen molar-refractivity contribution in [3.05, 3.63) is 29.8 Å². The lowest BCUT2D eigenvalue weighted by atomic mass is 9.99. The van der Waals surface area contributed by atoms with E-state index in [-0.39, 0.29) is 18.4 Å². The number of hydrogen-bond donors (Lipinski definition) is 0. The van der Waals surface area contributed by atoms with Gasteiger partial charge in [0.05, 0.1) is 17.9 Å². The second-order valence-corrected chi connectivity index (χ2v) is 7.10. The molecule has 1 fully saturated rings. The Morgan fingerprint density at radius 1 is 1.30 bits per heavy atom. The van der Waals surface area contributed by atoms with E-state index in [0.717, 1.165) is 0 Å². The second kappa shape index (κ2) is 5.54. The van der Waals surface area contributed by atoms with Gasteiger partial charge in [0.2, 0.25) is 10.0 Å². The summed E-state index contributed by atoms with van der Waals surface area (Å²) < 4.78 is 31.4. The molecule has 1 aromatic rings. The maximum absolute atomic E-state index is 12.6. The van der Waals surface area contributed by atoms with E-state index in [2.05, 4.69) is 0 Å². The Labute approximate surface area is 119 Å². The third kappa shape index (κ3) is 2.58. The van der Waals surface area contributed by atoms with Gasteiger partial charge in [-0.3, -0.25) is 4.79 Å². The van der Waals surface area contributed by atoms with Crippen molar-refractivity contribution in [2.24, 2.45) is 11.8 Å². The number of rotatable bonds is 3. The molecule has 2 rings (SSSR count). The molecule has 0 aromatic heterocycles. The van der Waals surface area contributed by atoms with Crippen LogP contribution in [0, 0.1) is 18.8 Å². The van der Waals surface area contributed by atoms with Gasteiger partial charge < -0.3 is 4.74 Å². The van der Waals surface area contributed by atoms with Gasteiger partial charge in [0.15, 0.2) is 0 Å². The molecule has 0 bridgehead atoms. The molecule has 1 heterocycles. The molecule has 2 unspecified atom stereocenters. The smallest absolute Gasteiger partial charge is 0.310 e. The monoisotopic (exact) mass is 297 g/mol. The van der Waals surface area contributed by atoms with Gasteiger partial charge in [-0.05, 0) is 24.5 Å². The number of aryl methyl sites for hydroxylation is 1. The number of hydrogen-bond acceptors (Lipinski definition) is 4. The number of nitrogens with zero attached hydrogens (tertiary/aromatic N) is 1. The van der Waals surface area contributed by atoms with Crippen LogP contribution in [0.2, 0.25) is 0 Å². The molecule has 0 aliphatic carbocycles. The number of methoxy groups -OCH3 is 1. The highest BCUT2D eigenvalue weighted by Gasteiger charge is 2.41. The van der Waals surface area contributed by atoms with Crippen LogP contribution in [0.25, 0.3) is 0 Å². The highest BCUT2D eigenvalue weighted by molar-refractivity contribution is 7.89. The summed E-state index contributed by atoms with van der Waals surface area (Å²) in [7, 11) is -2.22. The number of sulfonamides is 1. The van der Waals surface area contributed by atoms with Crippen LogP contribution < -0.4 is 0 Å². The minimum Gasteiger partial charge on any atom is -0.469 e. The van der Waals surface area contributed by atoms with Crippen molar-refractivity contribution in [3.63, 3.8) is 0 Å². The summed E-state index contributed by atoms with van der Waals surface area (Å²) in [6.07, 6.45) is 0. The number of benzene rings is 1. The normalized spacial score (nSPS) is 23.8. The Bertz CT molecular complexity index is 611. The predicted octanol–water partition coefficient (Wildman–Crippen LogP) is 1.42. The lowest BCUT2D eigenvalue weighted by Crippen LogP contribution is -2.30. The second-order valence-electron chi connectivity index (χ2n) is 5.19. The first kappa shape index (κ1) is 15.0. The SMILES string of the molecule is COC(=O)C1CN(S(=O)(=O)c2ccccc2C)CC1C. The summed E-state index contributed by atoms with van der Waals surface area (Å²) in [6.45, 7) is 4.17. The topological polar surface area (TPSA) is 63.7 Å². The van der Waals surface area contributed by atoms with Crippen LogP contribution in [-0.2, 0) is 19.6 Å². The third-order valence-corrected chi connectivity index (χ3v) is 5.79. The van der Waals surface area contributed by atoms with E-state index in [4.69, 9.17) is 4.74 Å². The minimum absolute atomic E-state index is 0.0405. The molecule has 1 saturated heterocycles. The number of carbonyl (C=O) groups is 1. The molecule has 6 heteroatoms.